The maximum atomic E-state index is 12.9. The largest absolute Gasteiger partial charge is 0.444 e. The van der Waals surface area contributed by atoms with Crippen LogP contribution in [0.25, 0.3) is 10.9 Å². The summed E-state index contributed by atoms with van der Waals surface area (Å²) in [4.78, 5) is 16.2. The molecule has 0 bridgehead atoms. The fraction of sp³-hybridized carbons (Fsp3) is 0.300. The molecule has 0 unspecified atom stereocenters. The lowest BCUT2D eigenvalue weighted by atomic mass is 9.70. The Morgan fingerprint density at radius 2 is 2.08 bits per heavy atom. The standard InChI is InChI=1S/C20H19N3O2/c1-20(2)7-15(24)18-16(8-20)25-19(22)12(9-21)17(18)13-10-23-14-6-4-3-5-11(13)14/h3-6,10,17,23H,7-8,22H2,1-2H3/t17-/m1/s1. The molecule has 1 aromatic carbocycles. The molecular weight excluding hydrogens is 314 g/mol. The Labute approximate surface area is 145 Å². The second kappa shape index (κ2) is 5.25. The molecule has 1 atom stereocenters. The van der Waals surface area contributed by atoms with E-state index in [0.29, 0.717) is 29.7 Å². The number of para-hydroxylation sites is 1. The highest BCUT2D eigenvalue weighted by atomic mass is 16.5. The van der Waals surface area contributed by atoms with Crippen LogP contribution < -0.4 is 5.73 Å². The molecule has 1 aliphatic carbocycles. The van der Waals surface area contributed by atoms with E-state index >= 15 is 0 Å². The lowest BCUT2D eigenvalue weighted by molar-refractivity contribution is -0.119. The molecule has 0 spiro atoms. The van der Waals surface area contributed by atoms with E-state index < -0.39 is 5.92 Å². The number of aromatic amines is 1. The van der Waals surface area contributed by atoms with Crippen LogP contribution in [0.4, 0.5) is 0 Å². The van der Waals surface area contributed by atoms with Crippen molar-refractivity contribution in [3.05, 3.63) is 58.8 Å². The minimum absolute atomic E-state index is 0.0294. The molecule has 2 aromatic rings. The van der Waals surface area contributed by atoms with E-state index in [0.717, 1.165) is 16.5 Å². The van der Waals surface area contributed by atoms with Gasteiger partial charge in [0.25, 0.3) is 0 Å². The van der Waals surface area contributed by atoms with E-state index in [1.807, 2.05) is 44.3 Å². The Bertz CT molecular complexity index is 1000. The highest BCUT2D eigenvalue weighted by Gasteiger charge is 2.43. The first kappa shape index (κ1) is 15.5. The number of carbonyl (C=O) groups excluding carboxylic acids is 1. The predicted molar refractivity (Wildman–Crippen MR) is 94.0 cm³/mol. The van der Waals surface area contributed by atoms with Crippen LogP contribution in [0.1, 0.15) is 38.2 Å². The summed E-state index contributed by atoms with van der Waals surface area (Å²) in [6.07, 6.45) is 2.93. The average molecular weight is 333 g/mol. The number of fused-ring (bicyclic) bond motifs is 1. The molecule has 0 saturated heterocycles. The van der Waals surface area contributed by atoms with Gasteiger partial charge in [0.15, 0.2) is 5.78 Å². The van der Waals surface area contributed by atoms with Gasteiger partial charge < -0.3 is 15.5 Å². The van der Waals surface area contributed by atoms with Crippen molar-refractivity contribution in [3.8, 4) is 6.07 Å². The number of nitrogens with one attached hydrogen (secondary N) is 1. The SMILES string of the molecule is CC1(C)CC(=O)C2=C(C1)OC(N)=C(C#N)[C@@H]2c1c[nH]c2ccccc12. The van der Waals surface area contributed by atoms with Crippen LogP contribution in [-0.2, 0) is 9.53 Å². The summed E-state index contributed by atoms with van der Waals surface area (Å²) >= 11 is 0. The molecule has 5 heteroatoms. The summed E-state index contributed by atoms with van der Waals surface area (Å²) in [5, 5.41) is 10.7. The zero-order valence-corrected chi connectivity index (χ0v) is 14.2. The van der Waals surface area contributed by atoms with E-state index in [1.165, 1.54) is 0 Å². The van der Waals surface area contributed by atoms with Crippen LogP contribution in [0.15, 0.2) is 53.3 Å². The Morgan fingerprint density at radius 3 is 2.84 bits per heavy atom. The fourth-order valence-corrected chi connectivity index (χ4v) is 3.93. The zero-order chi connectivity index (χ0) is 17.8. The van der Waals surface area contributed by atoms with Gasteiger partial charge in [0.05, 0.1) is 5.92 Å². The molecule has 5 nitrogen and oxygen atoms in total. The molecule has 2 aliphatic rings. The van der Waals surface area contributed by atoms with Crippen LogP contribution >= 0.6 is 0 Å². The fourth-order valence-electron chi connectivity index (χ4n) is 3.93. The number of Topliss-reactive ketones (excluding diaryl/α,β-unsaturated/α-hetero) is 1. The predicted octanol–water partition coefficient (Wildman–Crippen LogP) is 3.62. The van der Waals surface area contributed by atoms with Gasteiger partial charge in [0.1, 0.15) is 17.4 Å². The first-order chi connectivity index (χ1) is 11.9. The quantitative estimate of drug-likeness (QED) is 0.833. The molecule has 0 fully saturated rings. The molecule has 1 aliphatic heterocycles. The molecule has 0 amide bonds. The van der Waals surface area contributed by atoms with Gasteiger partial charge in [-0.1, -0.05) is 32.0 Å². The first-order valence-electron chi connectivity index (χ1n) is 8.31. The Balaban J connectivity index is 1.96. The highest BCUT2D eigenvalue weighted by Crippen LogP contribution is 2.48. The van der Waals surface area contributed by atoms with Crippen molar-refractivity contribution < 1.29 is 9.53 Å². The number of aromatic nitrogens is 1. The highest BCUT2D eigenvalue weighted by molar-refractivity contribution is 6.01. The lowest BCUT2D eigenvalue weighted by Crippen LogP contribution is -2.33. The lowest BCUT2D eigenvalue weighted by Gasteiger charge is -2.37. The molecule has 0 radical (unpaired) electrons. The maximum Gasteiger partial charge on any atom is 0.205 e. The van der Waals surface area contributed by atoms with E-state index in [1.54, 1.807) is 0 Å². The van der Waals surface area contributed by atoms with Crippen LogP contribution in [0.5, 0.6) is 0 Å². The zero-order valence-electron chi connectivity index (χ0n) is 14.2. The van der Waals surface area contributed by atoms with Gasteiger partial charge in [-0.05, 0) is 17.0 Å². The number of carbonyl (C=O) groups is 1. The summed E-state index contributed by atoms with van der Waals surface area (Å²) in [7, 11) is 0. The number of nitriles is 1. The number of H-pyrrole nitrogens is 1. The normalized spacial score (nSPS) is 22.6. The van der Waals surface area contributed by atoms with Gasteiger partial charge in [-0.15, -0.1) is 0 Å². The summed E-state index contributed by atoms with van der Waals surface area (Å²) in [6, 6.07) is 10.0. The minimum atomic E-state index is -0.478. The van der Waals surface area contributed by atoms with Gasteiger partial charge in [0, 0.05) is 35.5 Å². The molecule has 3 N–H and O–H groups in total. The monoisotopic (exact) mass is 333 g/mol. The number of nitrogens with two attached hydrogens (primary N) is 1. The Morgan fingerprint density at radius 1 is 1.32 bits per heavy atom. The number of hydrogen-bond donors (Lipinski definition) is 2. The van der Waals surface area contributed by atoms with Gasteiger partial charge in [0.2, 0.25) is 5.88 Å². The average Bonchev–Trinajstić information content (AvgIpc) is 2.96. The molecule has 4 rings (SSSR count). The van der Waals surface area contributed by atoms with Gasteiger partial charge in [-0.3, -0.25) is 4.79 Å². The first-order valence-corrected chi connectivity index (χ1v) is 8.31. The second-order valence-electron chi connectivity index (χ2n) is 7.49. The van der Waals surface area contributed by atoms with Crippen LogP contribution in [0, 0.1) is 16.7 Å². The molecular formula is C20H19N3O2. The minimum Gasteiger partial charge on any atom is -0.444 e. The third-order valence-electron chi connectivity index (χ3n) is 5.01. The Hall–Kier alpha value is -3.00. The third-order valence-corrected chi connectivity index (χ3v) is 5.01. The van der Waals surface area contributed by atoms with Crippen molar-refractivity contribution in [2.75, 3.05) is 0 Å². The number of benzene rings is 1. The summed E-state index contributed by atoms with van der Waals surface area (Å²) in [5.74, 6) is 0.255. The number of ketones is 1. The Kier molecular flexibility index (Phi) is 3.26. The topological polar surface area (TPSA) is 91.9 Å². The summed E-state index contributed by atoms with van der Waals surface area (Å²) in [6.45, 7) is 4.08. The number of allylic oxidation sites excluding steroid dienone is 3. The number of nitrogens with zero attached hydrogens (tertiary/aromatic N) is 1. The molecule has 126 valence electrons. The smallest absolute Gasteiger partial charge is 0.205 e. The van der Waals surface area contributed by atoms with E-state index in [2.05, 4.69) is 11.1 Å². The number of ether oxygens (including phenoxy) is 1. The van der Waals surface area contributed by atoms with Crippen LogP contribution in [0.2, 0.25) is 0 Å². The molecule has 2 heterocycles. The van der Waals surface area contributed by atoms with Crippen molar-refractivity contribution in [3.63, 3.8) is 0 Å². The van der Waals surface area contributed by atoms with E-state index in [4.69, 9.17) is 10.5 Å². The van der Waals surface area contributed by atoms with Crippen molar-refractivity contribution >= 4 is 16.7 Å². The van der Waals surface area contributed by atoms with Crippen LogP contribution in [0.3, 0.4) is 0 Å². The van der Waals surface area contributed by atoms with E-state index in [9.17, 15) is 10.1 Å². The van der Waals surface area contributed by atoms with Crippen molar-refractivity contribution in [1.29, 1.82) is 5.26 Å². The number of rotatable bonds is 1. The van der Waals surface area contributed by atoms with Crippen molar-refractivity contribution in [1.82, 2.24) is 4.98 Å². The molecule has 25 heavy (non-hydrogen) atoms. The molecule has 0 saturated carbocycles. The van der Waals surface area contributed by atoms with E-state index in [-0.39, 0.29) is 17.1 Å². The number of hydrogen-bond acceptors (Lipinski definition) is 4. The maximum absolute atomic E-state index is 12.9. The van der Waals surface area contributed by atoms with Gasteiger partial charge >= 0.3 is 0 Å². The van der Waals surface area contributed by atoms with Gasteiger partial charge in [-0.25, -0.2) is 0 Å². The summed E-state index contributed by atoms with van der Waals surface area (Å²) in [5.41, 5.74) is 8.61. The third kappa shape index (κ3) is 2.33. The van der Waals surface area contributed by atoms with Crippen LogP contribution in [-0.4, -0.2) is 10.8 Å². The van der Waals surface area contributed by atoms with Crippen molar-refractivity contribution in [2.24, 2.45) is 11.1 Å². The van der Waals surface area contributed by atoms with Gasteiger partial charge in [-0.2, -0.15) is 5.26 Å². The second-order valence-corrected chi connectivity index (χ2v) is 7.49. The van der Waals surface area contributed by atoms with Crippen molar-refractivity contribution in [2.45, 2.75) is 32.6 Å². The summed E-state index contributed by atoms with van der Waals surface area (Å²) < 4.78 is 5.72. The molecule has 1 aromatic heterocycles.